The van der Waals surface area contributed by atoms with E-state index >= 15 is 0 Å². The Hall–Kier alpha value is -5.10. The number of rotatable bonds is 7. The lowest BCUT2D eigenvalue weighted by molar-refractivity contribution is -0.387. The first-order chi connectivity index (χ1) is 19.0. The van der Waals surface area contributed by atoms with Crippen molar-refractivity contribution in [3.8, 4) is 0 Å². The molecule has 0 aliphatic heterocycles. The highest BCUT2D eigenvalue weighted by Gasteiger charge is 2.24. The van der Waals surface area contributed by atoms with Gasteiger partial charge in [0.2, 0.25) is 0 Å². The maximum Gasteiger partial charge on any atom is 0.283 e. The van der Waals surface area contributed by atoms with Crippen molar-refractivity contribution in [3.05, 3.63) is 117 Å². The maximum absolute atomic E-state index is 12.9. The van der Waals surface area contributed by atoms with Gasteiger partial charge in [-0.1, -0.05) is 41.6 Å². The minimum absolute atomic E-state index is 0.128. The molecule has 3 aromatic carbocycles. The van der Waals surface area contributed by atoms with Crippen LogP contribution < -0.4 is 10.9 Å². The van der Waals surface area contributed by atoms with Gasteiger partial charge in [0.1, 0.15) is 17.5 Å². The summed E-state index contributed by atoms with van der Waals surface area (Å²) in [6.07, 6.45) is 1.01. The van der Waals surface area contributed by atoms with Crippen LogP contribution in [-0.2, 0) is 7.05 Å². The fourth-order valence-corrected chi connectivity index (χ4v) is 5.21. The molecule has 0 saturated carbocycles. The van der Waals surface area contributed by atoms with E-state index in [0.717, 1.165) is 17.3 Å². The zero-order chi connectivity index (χ0) is 26.9. The van der Waals surface area contributed by atoms with Crippen LogP contribution in [0.2, 0.25) is 0 Å². The molecule has 0 fully saturated rings. The van der Waals surface area contributed by atoms with Crippen molar-refractivity contribution >= 4 is 45.2 Å². The van der Waals surface area contributed by atoms with Gasteiger partial charge in [-0.15, -0.1) is 5.10 Å². The van der Waals surface area contributed by atoms with Gasteiger partial charge in [-0.3, -0.25) is 19.5 Å². The molecule has 6 aromatic rings. The maximum atomic E-state index is 12.9. The first-order valence-corrected chi connectivity index (χ1v) is 12.7. The van der Waals surface area contributed by atoms with Crippen molar-refractivity contribution in [1.29, 1.82) is 0 Å². The lowest BCUT2D eigenvalue weighted by Gasteiger charge is -2.21. The van der Waals surface area contributed by atoms with Crippen LogP contribution in [-0.4, -0.2) is 34.5 Å². The predicted octanol–water partition coefficient (Wildman–Crippen LogP) is 4.79. The summed E-state index contributed by atoms with van der Waals surface area (Å²) in [6, 6.07) is 24.9. The molecule has 0 aliphatic carbocycles. The molecule has 1 atom stereocenters. The molecule has 0 radical (unpaired) electrons. The van der Waals surface area contributed by atoms with E-state index in [1.165, 1.54) is 10.6 Å². The number of para-hydroxylation sites is 2. The van der Waals surface area contributed by atoms with E-state index in [1.807, 2.05) is 30.3 Å². The van der Waals surface area contributed by atoms with Gasteiger partial charge in [-0.2, -0.15) is 0 Å². The summed E-state index contributed by atoms with van der Waals surface area (Å²) in [4.78, 5) is 33.9. The molecule has 0 spiro atoms. The second-order valence-corrected chi connectivity index (χ2v) is 9.66. The Morgan fingerprint density at radius 3 is 2.54 bits per heavy atom. The SMILES string of the molecule is Cn1c(Sc2ccc([C@H](Nc3ccccn3)n3nnc4ccccc43)cc2[N+](=O)[O-])nc2ccccc2c1=O. The number of nitrogens with zero attached hydrogens (tertiary/aromatic N) is 7. The highest BCUT2D eigenvalue weighted by molar-refractivity contribution is 7.99. The number of pyridine rings is 1. The van der Waals surface area contributed by atoms with Gasteiger partial charge in [-0.25, -0.2) is 14.6 Å². The quantitative estimate of drug-likeness (QED) is 0.174. The summed E-state index contributed by atoms with van der Waals surface area (Å²) in [5, 5.41) is 25.0. The van der Waals surface area contributed by atoms with E-state index in [0.29, 0.717) is 37.9 Å². The summed E-state index contributed by atoms with van der Waals surface area (Å²) in [7, 11) is 1.60. The van der Waals surface area contributed by atoms with E-state index in [2.05, 4.69) is 25.6 Å². The molecule has 0 aliphatic rings. The van der Waals surface area contributed by atoms with Crippen molar-refractivity contribution in [2.75, 3.05) is 5.32 Å². The van der Waals surface area contributed by atoms with Crippen molar-refractivity contribution < 1.29 is 4.92 Å². The molecule has 0 saturated heterocycles. The minimum Gasteiger partial charge on any atom is -0.345 e. The average Bonchev–Trinajstić information content (AvgIpc) is 3.39. The third-order valence-electron chi connectivity index (χ3n) is 6.21. The van der Waals surface area contributed by atoms with Crippen LogP contribution in [0.5, 0.6) is 0 Å². The number of nitro benzene ring substituents is 1. The van der Waals surface area contributed by atoms with Crippen LogP contribution in [0.4, 0.5) is 11.5 Å². The Kier molecular flexibility index (Phi) is 6.21. The smallest absolute Gasteiger partial charge is 0.283 e. The van der Waals surface area contributed by atoms with Crippen LogP contribution in [0.3, 0.4) is 0 Å². The largest absolute Gasteiger partial charge is 0.345 e. The van der Waals surface area contributed by atoms with Gasteiger partial charge in [-0.05, 0) is 54.2 Å². The number of hydrogen-bond acceptors (Lipinski definition) is 9. The number of anilines is 1. The zero-order valence-electron chi connectivity index (χ0n) is 20.5. The molecule has 39 heavy (non-hydrogen) atoms. The molecular formula is C27H20N8O3S. The van der Waals surface area contributed by atoms with Crippen LogP contribution in [0.15, 0.2) is 106 Å². The Balaban J connectivity index is 1.45. The predicted molar refractivity (Wildman–Crippen MR) is 148 cm³/mol. The fraction of sp³-hybridized carbons (Fsp3) is 0.0741. The van der Waals surface area contributed by atoms with Gasteiger partial charge in [0.05, 0.1) is 26.2 Å². The van der Waals surface area contributed by atoms with Crippen molar-refractivity contribution in [2.24, 2.45) is 7.05 Å². The van der Waals surface area contributed by atoms with E-state index in [-0.39, 0.29) is 11.2 Å². The van der Waals surface area contributed by atoms with Crippen molar-refractivity contribution in [2.45, 2.75) is 16.2 Å². The molecular weight excluding hydrogens is 516 g/mol. The number of nitro groups is 1. The van der Waals surface area contributed by atoms with Gasteiger partial charge in [0, 0.05) is 24.9 Å². The molecule has 6 rings (SSSR count). The number of benzene rings is 3. The Bertz CT molecular complexity index is 1910. The first kappa shape index (κ1) is 24.2. The molecule has 0 bridgehead atoms. The van der Waals surface area contributed by atoms with Crippen LogP contribution in [0, 0.1) is 10.1 Å². The van der Waals surface area contributed by atoms with Gasteiger partial charge in [0.25, 0.3) is 11.2 Å². The number of fused-ring (bicyclic) bond motifs is 2. The van der Waals surface area contributed by atoms with E-state index in [4.69, 9.17) is 0 Å². The monoisotopic (exact) mass is 536 g/mol. The topological polar surface area (TPSA) is 134 Å². The third kappa shape index (κ3) is 4.57. The lowest BCUT2D eigenvalue weighted by Crippen LogP contribution is -2.22. The lowest BCUT2D eigenvalue weighted by atomic mass is 10.1. The van der Waals surface area contributed by atoms with E-state index in [1.54, 1.807) is 66.5 Å². The molecule has 0 unspecified atom stereocenters. The fourth-order valence-electron chi connectivity index (χ4n) is 4.27. The van der Waals surface area contributed by atoms with Crippen molar-refractivity contribution in [3.63, 3.8) is 0 Å². The van der Waals surface area contributed by atoms with Gasteiger partial charge in [0.15, 0.2) is 5.16 Å². The summed E-state index contributed by atoms with van der Waals surface area (Å²) in [5.41, 5.74) is 2.20. The molecule has 1 N–H and O–H groups in total. The first-order valence-electron chi connectivity index (χ1n) is 11.9. The summed E-state index contributed by atoms with van der Waals surface area (Å²) in [5.74, 6) is 0.568. The molecule has 11 nitrogen and oxygen atoms in total. The summed E-state index contributed by atoms with van der Waals surface area (Å²) < 4.78 is 3.07. The van der Waals surface area contributed by atoms with Crippen LogP contribution in [0.1, 0.15) is 11.7 Å². The van der Waals surface area contributed by atoms with Crippen molar-refractivity contribution in [1.82, 2.24) is 29.5 Å². The second-order valence-electron chi connectivity index (χ2n) is 8.65. The number of aromatic nitrogens is 6. The Morgan fingerprint density at radius 1 is 0.974 bits per heavy atom. The normalized spacial score (nSPS) is 12.0. The van der Waals surface area contributed by atoms with Gasteiger partial charge >= 0.3 is 0 Å². The highest BCUT2D eigenvalue weighted by Crippen LogP contribution is 2.36. The molecule has 3 heterocycles. The second kappa shape index (κ2) is 9.99. The van der Waals surface area contributed by atoms with Crippen LogP contribution >= 0.6 is 11.8 Å². The molecule has 12 heteroatoms. The highest BCUT2D eigenvalue weighted by atomic mass is 32.2. The summed E-state index contributed by atoms with van der Waals surface area (Å²) in [6.45, 7) is 0. The molecule has 0 amide bonds. The number of nitrogens with one attached hydrogen (secondary N) is 1. The van der Waals surface area contributed by atoms with E-state index < -0.39 is 11.1 Å². The Labute approximate surface area is 225 Å². The van der Waals surface area contributed by atoms with E-state index in [9.17, 15) is 14.9 Å². The van der Waals surface area contributed by atoms with Gasteiger partial charge < -0.3 is 5.32 Å². The summed E-state index contributed by atoms with van der Waals surface area (Å²) >= 11 is 1.07. The molecule has 192 valence electrons. The Morgan fingerprint density at radius 2 is 1.74 bits per heavy atom. The zero-order valence-corrected chi connectivity index (χ0v) is 21.3. The van der Waals surface area contributed by atoms with Crippen LogP contribution in [0.25, 0.3) is 21.9 Å². The average molecular weight is 537 g/mol. The number of hydrogen-bond donors (Lipinski definition) is 1. The standard InChI is InChI=1S/C27H20N8O3S/c1-33-26(36)18-8-2-3-9-19(18)29-27(33)39-23-14-13-17(16-22(23)35(37)38)25(30-24-12-6-7-15-28-24)34-21-11-5-4-10-20(21)31-32-34/h2-16,25H,1H3,(H,28,30)/t25-/m1/s1. The molecule has 3 aromatic heterocycles. The third-order valence-corrected chi connectivity index (χ3v) is 7.32. The minimum atomic E-state index is -0.645.